The third kappa shape index (κ3) is 3.32. The van der Waals surface area contributed by atoms with E-state index in [0.29, 0.717) is 0 Å². The zero-order valence-corrected chi connectivity index (χ0v) is 8.84. The Morgan fingerprint density at radius 2 is 1.50 bits per heavy atom. The minimum absolute atomic E-state index is 0.805. The van der Waals surface area contributed by atoms with Gasteiger partial charge in [-0.25, -0.2) is 0 Å². The molecule has 88 valence electrons. The summed E-state index contributed by atoms with van der Waals surface area (Å²) in [4.78, 5) is 42.9. The van der Waals surface area contributed by atoms with Crippen LogP contribution in [-0.2, 0) is 19.2 Å². The lowest BCUT2D eigenvalue weighted by Gasteiger charge is -2.15. The molecule has 16 heavy (non-hydrogen) atoms. The molecule has 0 aromatic heterocycles. The van der Waals surface area contributed by atoms with Gasteiger partial charge < -0.3 is 10.2 Å². The van der Waals surface area contributed by atoms with Crippen molar-refractivity contribution in [1.29, 1.82) is 0 Å². The molecule has 0 spiro atoms. The van der Waals surface area contributed by atoms with Crippen LogP contribution >= 0.6 is 0 Å². The van der Waals surface area contributed by atoms with Crippen LogP contribution in [0, 0.1) is 11.8 Å². The van der Waals surface area contributed by atoms with Gasteiger partial charge in [0.25, 0.3) is 0 Å². The predicted octanol–water partition coefficient (Wildman–Crippen LogP) is -1.66. The van der Waals surface area contributed by atoms with E-state index in [0.717, 1.165) is 6.29 Å². The maximum atomic E-state index is 11.4. The molecule has 0 bridgehead atoms. The molecule has 4 unspecified atom stereocenters. The molecule has 0 aromatic rings. The monoisotopic (exact) mass is 228 g/mol. The number of aliphatic hydroxyl groups excluding tert-OH is 2. The Balaban J connectivity index is 4.67. The third-order valence-corrected chi connectivity index (χ3v) is 2.28. The molecule has 0 aliphatic heterocycles. The van der Waals surface area contributed by atoms with Crippen LogP contribution in [0.1, 0.15) is 13.8 Å². The first kappa shape index (κ1) is 14.6. The number of carbonyl (C=O) groups excluding carboxylic acids is 4. The summed E-state index contributed by atoms with van der Waals surface area (Å²) in [7, 11) is 0. The van der Waals surface area contributed by atoms with Gasteiger partial charge in [-0.1, -0.05) is 13.8 Å². The first-order valence-corrected chi connectivity index (χ1v) is 4.56. The van der Waals surface area contributed by atoms with Crippen molar-refractivity contribution in [3.8, 4) is 0 Å². The molecular weight excluding hydrogens is 216 g/mol. The highest BCUT2D eigenvalue weighted by Gasteiger charge is 2.34. The topological polar surface area (TPSA) is 109 Å². The molecule has 0 rings (SSSR count). The van der Waals surface area contributed by atoms with E-state index >= 15 is 0 Å². The number of aliphatic hydroxyl groups is 2. The summed E-state index contributed by atoms with van der Waals surface area (Å²) in [6, 6.07) is 0. The SMILES string of the molecule is CC([C]=O)C(C)C(=O)C(=O)C(O)C(O)[C]=O. The smallest absolute Gasteiger partial charge is 0.232 e. The molecule has 0 fully saturated rings. The number of hydrogen-bond acceptors (Lipinski definition) is 6. The second-order valence-electron chi connectivity index (χ2n) is 3.43. The molecule has 4 atom stereocenters. The number of hydrogen-bond donors (Lipinski definition) is 2. The normalized spacial score (nSPS) is 18.0. The Bertz CT molecular complexity index is 268. The van der Waals surface area contributed by atoms with Gasteiger partial charge in [-0.15, -0.1) is 0 Å². The number of ketones is 2. The van der Waals surface area contributed by atoms with E-state index in [2.05, 4.69) is 0 Å². The van der Waals surface area contributed by atoms with Crippen molar-refractivity contribution in [2.75, 3.05) is 0 Å². The Hall–Kier alpha value is -1.40. The van der Waals surface area contributed by atoms with Gasteiger partial charge in [0.05, 0.1) is 0 Å². The quantitative estimate of drug-likeness (QED) is 0.505. The average Bonchev–Trinajstić information content (AvgIpc) is 2.32. The molecule has 2 N–H and O–H groups in total. The maximum absolute atomic E-state index is 11.4. The lowest BCUT2D eigenvalue weighted by Crippen LogP contribution is -2.42. The van der Waals surface area contributed by atoms with Crippen molar-refractivity contribution in [2.45, 2.75) is 26.1 Å². The molecule has 2 radical (unpaired) electrons. The molecule has 6 nitrogen and oxygen atoms in total. The number of rotatable bonds is 7. The molecule has 0 saturated heterocycles. The van der Waals surface area contributed by atoms with Gasteiger partial charge in [0.1, 0.15) is 0 Å². The van der Waals surface area contributed by atoms with Gasteiger partial charge in [0.2, 0.25) is 24.1 Å². The van der Waals surface area contributed by atoms with Crippen LogP contribution in [0.3, 0.4) is 0 Å². The summed E-state index contributed by atoms with van der Waals surface area (Å²) in [6.45, 7) is 2.71. The standard InChI is InChI=1S/C10H12O6/c1-5(3-11)6(2)8(14)10(16)9(15)7(13)4-12/h5-7,9,13,15H,1-2H3. The van der Waals surface area contributed by atoms with Crippen molar-refractivity contribution in [3.05, 3.63) is 0 Å². The van der Waals surface area contributed by atoms with E-state index in [1.807, 2.05) is 0 Å². The van der Waals surface area contributed by atoms with E-state index in [1.165, 1.54) is 20.1 Å². The molecule has 0 heterocycles. The van der Waals surface area contributed by atoms with Crippen molar-refractivity contribution < 1.29 is 29.4 Å². The fourth-order valence-electron chi connectivity index (χ4n) is 0.907. The van der Waals surface area contributed by atoms with Crippen molar-refractivity contribution in [2.24, 2.45) is 11.8 Å². The largest absolute Gasteiger partial charge is 0.382 e. The lowest BCUT2D eigenvalue weighted by molar-refractivity contribution is -0.146. The Morgan fingerprint density at radius 1 is 1.00 bits per heavy atom. The van der Waals surface area contributed by atoms with Crippen LogP contribution in [0.5, 0.6) is 0 Å². The van der Waals surface area contributed by atoms with Gasteiger partial charge in [-0.2, -0.15) is 0 Å². The second-order valence-corrected chi connectivity index (χ2v) is 3.43. The predicted molar refractivity (Wildman–Crippen MR) is 51.7 cm³/mol. The average molecular weight is 228 g/mol. The van der Waals surface area contributed by atoms with Crippen molar-refractivity contribution in [3.63, 3.8) is 0 Å². The molecule has 0 aliphatic carbocycles. The zero-order chi connectivity index (χ0) is 12.9. The lowest BCUT2D eigenvalue weighted by atomic mass is 9.89. The highest BCUT2D eigenvalue weighted by atomic mass is 16.3. The summed E-state index contributed by atoms with van der Waals surface area (Å²) >= 11 is 0. The van der Waals surface area contributed by atoms with Gasteiger partial charge in [-0.3, -0.25) is 19.2 Å². The van der Waals surface area contributed by atoms with E-state index in [-0.39, 0.29) is 0 Å². The Kier molecular flexibility index (Phi) is 5.69. The first-order chi connectivity index (χ1) is 7.36. The molecule has 0 aliphatic rings. The minimum atomic E-state index is -2.13. The highest BCUT2D eigenvalue weighted by molar-refractivity contribution is 6.40. The van der Waals surface area contributed by atoms with Gasteiger partial charge in [0.15, 0.2) is 12.2 Å². The van der Waals surface area contributed by atoms with Crippen LogP contribution in [0.4, 0.5) is 0 Å². The van der Waals surface area contributed by atoms with Crippen LogP contribution in [0.2, 0.25) is 0 Å². The summed E-state index contributed by atoms with van der Waals surface area (Å²) in [5.74, 6) is -4.11. The van der Waals surface area contributed by atoms with Crippen LogP contribution in [-0.4, -0.2) is 46.6 Å². The summed E-state index contributed by atoms with van der Waals surface area (Å²) < 4.78 is 0. The maximum Gasteiger partial charge on any atom is 0.232 e. The van der Waals surface area contributed by atoms with Crippen LogP contribution < -0.4 is 0 Å². The van der Waals surface area contributed by atoms with E-state index < -0.39 is 35.6 Å². The second kappa shape index (κ2) is 6.24. The summed E-state index contributed by atoms with van der Waals surface area (Å²) in [6.07, 6.45) is -1.66. The van der Waals surface area contributed by atoms with Gasteiger partial charge in [-0.05, 0) is 0 Å². The zero-order valence-electron chi connectivity index (χ0n) is 8.84. The minimum Gasteiger partial charge on any atom is -0.382 e. The van der Waals surface area contributed by atoms with Gasteiger partial charge >= 0.3 is 0 Å². The van der Waals surface area contributed by atoms with Crippen LogP contribution in [0.15, 0.2) is 0 Å². The van der Waals surface area contributed by atoms with E-state index in [4.69, 9.17) is 10.2 Å². The fourth-order valence-corrected chi connectivity index (χ4v) is 0.907. The summed E-state index contributed by atoms with van der Waals surface area (Å²) in [5, 5.41) is 17.9. The number of carbonyl (C=O) groups is 2. The van der Waals surface area contributed by atoms with E-state index in [1.54, 1.807) is 0 Å². The molecule has 0 saturated carbocycles. The van der Waals surface area contributed by atoms with Crippen LogP contribution in [0.25, 0.3) is 0 Å². The van der Waals surface area contributed by atoms with Crippen molar-refractivity contribution >= 4 is 24.1 Å². The van der Waals surface area contributed by atoms with E-state index in [9.17, 15) is 19.2 Å². The summed E-state index contributed by atoms with van der Waals surface area (Å²) in [5.41, 5.74) is 0. The Morgan fingerprint density at radius 3 is 1.88 bits per heavy atom. The molecule has 0 aromatic carbocycles. The van der Waals surface area contributed by atoms with Crippen molar-refractivity contribution in [1.82, 2.24) is 0 Å². The first-order valence-electron chi connectivity index (χ1n) is 4.56. The fraction of sp³-hybridized carbons (Fsp3) is 0.600. The molecule has 6 heteroatoms. The van der Waals surface area contributed by atoms with Gasteiger partial charge in [0, 0.05) is 11.8 Å². The Labute approximate surface area is 92.3 Å². The highest BCUT2D eigenvalue weighted by Crippen LogP contribution is 2.11. The number of Topliss-reactive ketones (excluding diaryl/α,β-unsaturated/α-hetero) is 2. The molecular formula is C10H12O6. The molecule has 0 amide bonds. The third-order valence-electron chi connectivity index (χ3n) is 2.28.